The Kier molecular flexibility index (Phi) is 14.5. The molecule has 29 heavy (non-hydrogen) atoms. The molecule has 1 saturated heterocycles. The van der Waals surface area contributed by atoms with Crippen LogP contribution in [-0.4, -0.2) is 35.8 Å². The minimum atomic E-state index is 0.121. The summed E-state index contributed by atoms with van der Waals surface area (Å²) in [6, 6.07) is 0. The highest BCUT2D eigenvalue weighted by Gasteiger charge is 2.36. The third kappa shape index (κ3) is 15.3. The molecule has 0 radical (unpaired) electrons. The molecular formula is C26H54N2O. The maximum atomic E-state index is 6.07. The largest absolute Gasteiger partial charge is 0.304 e. The van der Waals surface area contributed by atoms with Crippen LogP contribution in [0, 0.1) is 0 Å². The van der Waals surface area contributed by atoms with E-state index >= 15 is 0 Å². The first-order chi connectivity index (χ1) is 13.8. The van der Waals surface area contributed by atoms with Gasteiger partial charge in [0.15, 0.2) is 0 Å². The lowest BCUT2D eigenvalue weighted by Crippen LogP contribution is -2.66. The topological polar surface area (TPSA) is 24.5 Å². The number of hydrogen-bond donors (Lipinski definition) is 1. The van der Waals surface area contributed by atoms with Crippen LogP contribution in [0.15, 0.2) is 0 Å². The van der Waals surface area contributed by atoms with Crippen molar-refractivity contribution >= 4 is 0 Å². The van der Waals surface area contributed by atoms with E-state index in [0.717, 1.165) is 19.7 Å². The Labute approximate surface area is 183 Å². The maximum absolute atomic E-state index is 6.07. The van der Waals surface area contributed by atoms with Gasteiger partial charge in [0, 0.05) is 24.2 Å². The minimum Gasteiger partial charge on any atom is -0.304 e. The highest BCUT2D eigenvalue weighted by atomic mass is 16.7. The lowest BCUT2D eigenvalue weighted by Gasteiger charge is -2.47. The van der Waals surface area contributed by atoms with Gasteiger partial charge >= 0.3 is 0 Å². The molecule has 1 aliphatic heterocycles. The molecule has 0 amide bonds. The quantitative estimate of drug-likeness (QED) is 0.235. The van der Waals surface area contributed by atoms with E-state index in [4.69, 9.17) is 4.84 Å². The van der Waals surface area contributed by atoms with Crippen molar-refractivity contribution in [3.63, 3.8) is 0 Å². The van der Waals surface area contributed by atoms with Crippen LogP contribution in [0.3, 0.4) is 0 Å². The van der Waals surface area contributed by atoms with Crippen LogP contribution >= 0.6 is 0 Å². The predicted octanol–water partition coefficient (Wildman–Crippen LogP) is 7.64. The van der Waals surface area contributed by atoms with Gasteiger partial charge in [0.05, 0.1) is 6.61 Å². The van der Waals surface area contributed by atoms with Gasteiger partial charge in [-0.1, -0.05) is 103 Å². The molecule has 3 heteroatoms. The van der Waals surface area contributed by atoms with E-state index in [0.29, 0.717) is 0 Å². The minimum absolute atomic E-state index is 0.121. The molecule has 1 heterocycles. The third-order valence-electron chi connectivity index (χ3n) is 6.09. The second kappa shape index (κ2) is 15.6. The molecule has 1 N–H and O–H groups in total. The van der Waals surface area contributed by atoms with Crippen molar-refractivity contribution in [3.05, 3.63) is 0 Å². The fourth-order valence-electron chi connectivity index (χ4n) is 4.87. The molecule has 174 valence electrons. The smallest absolute Gasteiger partial charge is 0.0685 e. The van der Waals surface area contributed by atoms with Crippen LogP contribution in [0.1, 0.15) is 137 Å². The van der Waals surface area contributed by atoms with Gasteiger partial charge in [0.25, 0.3) is 0 Å². The lowest BCUT2D eigenvalue weighted by atomic mass is 9.93. The molecule has 0 unspecified atom stereocenters. The van der Waals surface area contributed by atoms with Gasteiger partial charge in [-0.25, -0.2) is 0 Å². The van der Waals surface area contributed by atoms with Crippen LogP contribution in [0.2, 0.25) is 0 Å². The second-order valence-electron chi connectivity index (χ2n) is 10.8. The molecule has 0 saturated carbocycles. The Bertz CT molecular complexity index is 365. The zero-order valence-corrected chi connectivity index (χ0v) is 20.8. The van der Waals surface area contributed by atoms with Crippen LogP contribution < -0.4 is 5.32 Å². The zero-order valence-electron chi connectivity index (χ0n) is 20.8. The van der Waals surface area contributed by atoms with E-state index in [2.05, 4.69) is 45.0 Å². The van der Waals surface area contributed by atoms with Crippen LogP contribution in [0.5, 0.6) is 0 Å². The summed E-state index contributed by atoms with van der Waals surface area (Å²) in [5, 5.41) is 5.88. The number of hydroxylamine groups is 2. The van der Waals surface area contributed by atoms with Crippen molar-refractivity contribution < 1.29 is 4.84 Å². The Morgan fingerprint density at radius 1 is 0.586 bits per heavy atom. The molecule has 1 fully saturated rings. The predicted molar refractivity (Wildman–Crippen MR) is 128 cm³/mol. The van der Waals surface area contributed by atoms with Crippen LogP contribution in [-0.2, 0) is 4.84 Å². The molecule has 0 bridgehead atoms. The molecule has 1 rings (SSSR count). The summed E-state index contributed by atoms with van der Waals surface area (Å²) in [4.78, 5) is 6.07. The number of rotatable bonds is 18. The van der Waals surface area contributed by atoms with Gasteiger partial charge in [-0.15, -0.1) is 0 Å². The van der Waals surface area contributed by atoms with Crippen molar-refractivity contribution in [1.82, 2.24) is 10.4 Å². The summed E-state index contributed by atoms with van der Waals surface area (Å²) in [7, 11) is 0. The van der Waals surface area contributed by atoms with Crippen molar-refractivity contribution in [2.75, 3.05) is 19.7 Å². The Morgan fingerprint density at radius 3 is 1.31 bits per heavy atom. The third-order valence-corrected chi connectivity index (χ3v) is 6.09. The van der Waals surface area contributed by atoms with Crippen LogP contribution in [0.4, 0.5) is 0 Å². The monoisotopic (exact) mass is 410 g/mol. The summed E-state index contributed by atoms with van der Waals surface area (Å²) < 4.78 is 0. The average Bonchev–Trinajstić information content (AvgIpc) is 2.61. The molecule has 0 spiro atoms. The highest BCUT2D eigenvalue weighted by Crippen LogP contribution is 2.21. The van der Waals surface area contributed by atoms with E-state index in [-0.39, 0.29) is 11.1 Å². The fraction of sp³-hybridized carbons (Fsp3) is 1.00. The number of piperazine rings is 1. The number of hydrogen-bond acceptors (Lipinski definition) is 3. The standard InChI is InChI=1S/C26H54N2O/c1-6-7-8-9-10-11-12-13-14-15-16-17-18-19-20-21-22-29-28-23-25(2,3)27-26(4,5)24-28/h27H,6-24H2,1-5H3. The normalized spacial score (nSPS) is 18.9. The zero-order chi connectivity index (χ0) is 21.4. The highest BCUT2D eigenvalue weighted by molar-refractivity contribution is 4.95. The van der Waals surface area contributed by atoms with Gasteiger partial charge in [-0.2, -0.15) is 5.06 Å². The molecule has 3 nitrogen and oxygen atoms in total. The van der Waals surface area contributed by atoms with E-state index in [1.54, 1.807) is 0 Å². The Balaban J connectivity index is 1.81. The summed E-state index contributed by atoms with van der Waals surface area (Å²) in [6.07, 6.45) is 22.6. The molecule has 1 aliphatic rings. The molecule has 0 aromatic heterocycles. The van der Waals surface area contributed by atoms with Gasteiger partial charge < -0.3 is 5.32 Å². The van der Waals surface area contributed by atoms with Gasteiger partial charge in [0.1, 0.15) is 0 Å². The van der Waals surface area contributed by atoms with E-state index in [9.17, 15) is 0 Å². The van der Waals surface area contributed by atoms with Gasteiger partial charge in [-0.05, 0) is 34.1 Å². The number of nitrogens with zero attached hydrogens (tertiary/aromatic N) is 1. The summed E-state index contributed by atoms with van der Waals surface area (Å²) in [5.74, 6) is 0. The Morgan fingerprint density at radius 2 is 0.931 bits per heavy atom. The second-order valence-corrected chi connectivity index (χ2v) is 10.8. The molecule has 0 atom stereocenters. The van der Waals surface area contributed by atoms with Gasteiger partial charge in [-0.3, -0.25) is 4.84 Å². The van der Waals surface area contributed by atoms with Crippen molar-refractivity contribution in [2.45, 2.75) is 148 Å². The number of nitrogens with one attached hydrogen (secondary N) is 1. The summed E-state index contributed by atoms with van der Waals surface area (Å²) >= 11 is 0. The van der Waals surface area contributed by atoms with E-state index in [1.165, 1.54) is 103 Å². The van der Waals surface area contributed by atoms with Crippen molar-refractivity contribution in [1.29, 1.82) is 0 Å². The number of unbranched alkanes of at least 4 members (excludes halogenated alkanes) is 15. The van der Waals surface area contributed by atoms with Gasteiger partial charge in [0.2, 0.25) is 0 Å². The maximum Gasteiger partial charge on any atom is 0.0685 e. The lowest BCUT2D eigenvalue weighted by molar-refractivity contribution is -0.197. The van der Waals surface area contributed by atoms with E-state index in [1.807, 2.05) is 0 Å². The molecule has 0 aromatic carbocycles. The average molecular weight is 411 g/mol. The first-order valence-corrected chi connectivity index (χ1v) is 13.0. The van der Waals surface area contributed by atoms with Crippen LogP contribution in [0.25, 0.3) is 0 Å². The summed E-state index contributed by atoms with van der Waals surface area (Å²) in [5.41, 5.74) is 0.243. The molecular weight excluding hydrogens is 356 g/mol. The van der Waals surface area contributed by atoms with E-state index < -0.39 is 0 Å². The summed E-state index contributed by atoms with van der Waals surface area (Å²) in [6.45, 7) is 14.2. The SMILES string of the molecule is CCCCCCCCCCCCCCCCCCON1CC(C)(C)NC(C)(C)C1. The first-order valence-electron chi connectivity index (χ1n) is 13.0. The van der Waals surface area contributed by atoms with Crippen molar-refractivity contribution in [2.24, 2.45) is 0 Å². The fourth-order valence-corrected chi connectivity index (χ4v) is 4.87. The Hall–Kier alpha value is -0.120. The molecule has 0 aromatic rings. The molecule has 0 aliphatic carbocycles. The van der Waals surface area contributed by atoms with Crippen molar-refractivity contribution in [3.8, 4) is 0 Å². The first kappa shape index (κ1) is 26.9.